The number of hydrogen-bond donors (Lipinski definition) is 3. The number of carbonyl (C=O) groups is 1. The van der Waals surface area contributed by atoms with Crippen LogP contribution in [-0.4, -0.2) is 56.8 Å². The van der Waals surface area contributed by atoms with Gasteiger partial charge in [-0.15, -0.1) is 0 Å². The molecule has 3 N–H and O–H groups in total. The smallest absolute Gasteiger partial charge is 0.433 e. The van der Waals surface area contributed by atoms with E-state index in [0.717, 1.165) is 12.1 Å². The number of aliphatic carboxylic acids is 1. The van der Waals surface area contributed by atoms with Crippen LogP contribution in [0.3, 0.4) is 0 Å². The van der Waals surface area contributed by atoms with Crippen LogP contribution in [0.25, 0.3) is 0 Å². The van der Waals surface area contributed by atoms with E-state index in [4.69, 9.17) is 14.6 Å². The third kappa shape index (κ3) is 3.71. The standard InChI is InChI=1S/C13H14F3NO6/c1-5-8(18)9(19)10(11(22-5)12(20)21)23-7-4-2-3-6(17-7)13(14,15)16/h2-5,8-11,18-19H,1H3,(H,20,21)/t5-,8+,9+,10-,11+/m1/s1. The van der Waals surface area contributed by atoms with Gasteiger partial charge in [0.1, 0.15) is 17.9 Å². The second kappa shape index (κ2) is 6.30. The highest BCUT2D eigenvalue weighted by molar-refractivity contribution is 5.73. The topological polar surface area (TPSA) is 109 Å². The molecule has 2 rings (SSSR count). The summed E-state index contributed by atoms with van der Waals surface area (Å²) in [4.78, 5) is 14.4. The number of alkyl halides is 3. The van der Waals surface area contributed by atoms with E-state index in [9.17, 15) is 28.2 Å². The van der Waals surface area contributed by atoms with Crippen LogP contribution in [0.5, 0.6) is 5.88 Å². The monoisotopic (exact) mass is 337 g/mol. The Bertz CT molecular complexity index is 581. The van der Waals surface area contributed by atoms with Crippen LogP contribution in [0.2, 0.25) is 0 Å². The number of hydrogen-bond acceptors (Lipinski definition) is 6. The molecule has 0 radical (unpaired) electrons. The van der Waals surface area contributed by atoms with Crippen LogP contribution >= 0.6 is 0 Å². The number of carboxylic acids is 1. The summed E-state index contributed by atoms with van der Waals surface area (Å²) in [6, 6.07) is 2.81. The maximum atomic E-state index is 12.6. The van der Waals surface area contributed by atoms with Gasteiger partial charge in [-0.1, -0.05) is 6.07 Å². The fourth-order valence-electron chi connectivity index (χ4n) is 2.15. The first-order valence-corrected chi connectivity index (χ1v) is 6.56. The lowest BCUT2D eigenvalue weighted by molar-refractivity contribution is -0.218. The average Bonchev–Trinajstić information content (AvgIpc) is 2.47. The Kier molecular flexibility index (Phi) is 4.78. The summed E-state index contributed by atoms with van der Waals surface area (Å²) in [5.41, 5.74) is -1.23. The second-order valence-electron chi connectivity index (χ2n) is 5.02. The van der Waals surface area contributed by atoms with Gasteiger partial charge in [0, 0.05) is 6.07 Å². The Morgan fingerprint density at radius 3 is 2.52 bits per heavy atom. The molecule has 0 unspecified atom stereocenters. The van der Waals surface area contributed by atoms with E-state index < -0.39 is 54.2 Å². The molecule has 1 aromatic heterocycles. The minimum Gasteiger partial charge on any atom is -0.479 e. The number of pyridine rings is 1. The second-order valence-corrected chi connectivity index (χ2v) is 5.02. The summed E-state index contributed by atoms with van der Waals surface area (Å²) in [7, 11) is 0. The molecule has 0 bridgehead atoms. The number of halogens is 3. The third-order valence-electron chi connectivity index (χ3n) is 3.34. The van der Waals surface area contributed by atoms with Crippen LogP contribution in [0, 0.1) is 0 Å². The summed E-state index contributed by atoms with van der Waals surface area (Å²) in [6.07, 6.45) is -12.1. The van der Waals surface area contributed by atoms with Crippen LogP contribution < -0.4 is 4.74 Å². The van der Waals surface area contributed by atoms with Gasteiger partial charge in [0.25, 0.3) is 0 Å². The van der Waals surface area contributed by atoms with E-state index >= 15 is 0 Å². The molecule has 0 amide bonds. The van der Waals surface area contributed by atoms with E-state index in [1.807, 2.05) is 0 Å². The Balaban J connectivity index is 2.27. The third-order valence-corrected chi connectivity index (χ3v) is 3.34. The zero-order valence-electron chi connectivity index (χ0n) is 11.8. The Labute approximate surface area is 128 Å². The van der Waals surface area contributed by atoms with Gasteiger partial charge in [-0.2, -0.15) is 13.2 Å². The first-order chi connectivity index (χ1) is 10.6. The predicted octanol–water partition coefficient (Wildman–Crippen LogP) is 0.441. The van der Waals surface area contributed by atoms with Crippen molar-refractivity contribution >= 4 is 5.97 Å². The minimum atomic E-state index is -4.71. The number of ether oxygens (including phenoxy) is 2. The molecule has 1 aromatic rings. The van der Waals surface area contributed by atoms with E-state index in [1.54, 1.807) is 0 Å². The summed E-state index contributed by atoms with van der Waals surface area (Å²) in [5, 5.41) is 28.8. The van der Waals surface area contributed by atoms with Gasteiger partial charge in [0.05, 0.1) is 6.10 Å². The van der Waals surface area contributed by atoms with Crippen molar-refractivity contribution in [3.8, 4) is 5.88 Å². The minimum absolute atomic E-state index is 0.541. The van der Waals surface area contributed by atoms with Gasteiger partial charge in [0.2, 0.25) is 5.88 Å². The molecule has 128 valence electrons. The number of nitrogens with zero attached hydrogens (tertiary/aromatic N) is 1. The zero-order valence-corrected chi connectivity index (χ0v) is 11.8. The molecule has 5 atom stereocenters. The fourth-order valence-corrected chi connectivity index (χ4v) is 2.15. The van der Waals surface area contributed by atoms with Gasteiger partial charge in [-0.3, -0.25) is 0 Å². The first kappa shape index (κ1) is 17.4. The molecule has 0 saturated carbocycles. The Morgan fingerprint density at radius 1 is 1.30 bits per heavy atom. The lowest BCUT2D eigenvalue weighted by Gasteiger charge is -2.39. The number of carboxylic acid groups (broad SMARTS) is 1. The van der Waals surface area contributed by atoms with Crippen molar-refractivity contribution in [1.82, 2.24) is 4.98 Å². The average molecular weight is 337 g/mol. The molecular weight excluding hydrogens is 323 g/mol. The van der Waals surface area contributed by atoms with Crippen LogP contribution in [0.15, 0.2) is 18.2 Å². The number of aliphatic hydroxyl groups excluding tert-OH is 2. The molecule has 1 saturated heterocycles. The zero-order chi connectivity index (χ0) is 17.4. The van der Waals surface area contributed by atoms with Crippen LogP contribution in [0.1, 0.15) is 12.6 Å². The highest BCUT2D eigenvalue weighted by Crippen LogP contribution is 2.30. The van der Waals surface area contributed by atoms with E-state index in [0.29, 0.717) is 6.07 Å². The molecule has 1 aliphatic heterocycles. The summed E-state index contributed by atoms with van der Waals surface area (Å²) in [5.74, 6) is -2.03. The van der Waals surface area contributed by atoms with Crippen LogP contribution in [-0.2, 0) is 15.7 Å². The molecule has 0 spiro atoms. The summed E-state index contributed by atoms with van der Waals surface area (Å²) >= 11 is 0. The fraction of sp³-hybridized carbons (Fsp3) is 0.538. The molecule has 2 heterocycles. The molecule has 7 nitrogen and oxygen atoms in total. The highest BCUT2D eigenvalue weighted by Gasteiger charge is 2.48. The molecule has 0 aliphatic carbocycles. The van der Waals surface area contributed by atoms with Gasteiger partial charge >= 0.3 is 12.1 Å². The lowest BCUT2D eigenvalue weighted by atomic mass is 9.95. The number of aromatic nitrogens is 1. The van der Waals surface area contributed by atoms with Crippen molar-refractivity contribution in [3.63, 3.8) is 0 Å². The SMILES string of the molecule is C[C@H]1O[C@H](C(=O)O)[C@H](Oc2cccc(C(F)(F)F)n2)[C@@H](O)[C@H]1O. The maximum Gasteiger partial charge on any atom is 0.433 e. The predicted molar refractivity (Wildman–Crippen MR) is 67.6 cm³/mol. The highest BCUT2D eigenvalue weighted by atomic mass is 19.4. The van der Waals surface area contributed by atoms with Crippen molar-refractivity contribution in [2.24, 2.45) is 0 Å². The van der Waals surface area contributed by atoms with Gasteiger partial charge in [-0.05, 0) is 13.0 Å². The molecule has 10 heteroatoms. The molecule has 1 aliphatic rings. The van der Waals surface area contributed by atoms with Crippen LogP contribution in [0.4, 0.5) is 13.2 Å². The van der Waals surface area contributed by atoms with E-state index in [1.165, 1.54) is 6.92 Å². The first-order valence-electron chi connectivity index (χ1n) is 6.56. The Hall–Kier alpha value is -1.91. The Morgan fingerprint density at radius 2 is 1.96 bits per heavy atom. The molecular formula is C13H14F3NO6. The largest absolute Gasteiger partial charge is 0.479 e. The normalized spacial score (nSPS) is 31.7. The van der Waals surface area contributed by atoms with Gasteiger partial charge < -0.3 is 24.8 Å². The van der Waals surface area contributed by atoms with Gasteiger partial charge in [-0.25, -0.2) is 9.78 Å². The van der Waals surface area contributed by atoms with Gasteiger partial charge in [0.15, 0.2) is 12.2 Å². The van der Waals surface area contributed by atoms with Crippen molar-refractivity contribution in [2.45, 2.75) is 43.6 Å². The number of rotatable bonds is 3. The van der Waals surface area contributed by atoms with E-state index in [2.05, 4.69) is 4.98 Å². The summed E-state index contributed by atoms with van der Waals surface area (Å²) < 4.78 is 47.9. The number of aliphatic hydroxyl groups is 2. The van der Waals surface area contributed by atoms with E-state index in [-0.39, 0.29) is 0 Å². The molecule has 23 heavy (non-hydrogen) atoms. The van der Waals surface area contributed by atoms with Crippen molar-refractivity contribution in [3.05, 3.63) is 23.9 Å². The quantitative estimate of drug-likeness (QED) is 0.734. The molecule has 1 fully saturated rings. The lowest BCUT2D eigenvalue weighted by Crippen LogP contribution is -2.61. The van der Waals surface area contributed by atoms with Crippen molar-refractivity contribution in [1.29, 1.82) is 0 Å². The van der Waals surface area contributed by atoms with Crippen molar-refractivity contribution < 1.29 is 42.8 Å². The summed E-state index contributed by atoms with van der Waals surface area (Å²) in [6.45, 7) is 1.35. The van der Waals surface area contributed by atoms with Crippen molar-refractivity contribution in [2.75, 3.05) is 0 Å². The maximum absolute atomic E-state index is 12.6. The molecule has 0 aromatic carbocycles.